The first-order valence-corrected chi connectivity index (χ1v) is 11.6. The summed E-state index contributed by atoms with van der Waals surface area (Å²) in [5, 5.41) is 1.31. The van der Waals surface area contributed by atoms with E-state index in [1.807, 2.05) is 38.1 Å². The third kappa shape index (κ3) is 4.40. The van der Waals surface area contributed by atoms with Gasteiger partial charge in [-0.1, -0.05) is 48.5 Å². The lowest BCUT2D eigenvalue weighted by atomic mass is 10.1. The van der Waals surface area contributed by atoms with E-state index in [0.29, 0.717) is 28.7 Å². The van der Waals surface area contributed by atoms with Gasteiger partial charge in [-0.15, -0.1) is 11.3 Å². The van der Waals surface area contributed by atoms with Crippen LogP contribution in [0.4, 0.5) is 11.9 Å². The van der Waals surface area contributed by atoms with Gasteiger partial charge >= 0.3 is 0 Å². The molecule has 10 heteroatoms. The van der Waals surface area contributed by atoms with Crippen LogP contribution in [0.25, 0.3) is 10.2 Å². The van der Waals surface area contributed by atoms with Gasteiger partial charge < -0.3 is 11.5 Å². The van der Waals surface area contributed by atoms with Crippen LogP contribution in [0.1, 0.15) is 34.3 Å². The Hall–Kier alpha value is -2.98. The van der Waals surface area contributed by atoms with Crippen LogP contribution in [0.3, 0.4) is 0 Å². The first-order valence-electron chi connectivity index (χ1n) is 9.82. The summed E-state index contributed by atoms with van der Waals surface area (Å²) in [6.45, 7) is 6.56. The van der Waals surface area contributed by atoms with E-state index in [2.05, 4.69) is 21.9 Å². The monoisotopic (exact) mass is 453 g/mol. The average molecular weight is 454 g/mol. The van der Waals surface area contributed by atoms with Crippen LogP contribution in [0.5, 0.6) is 0 Å². The molecule has 0 atom stereocenters. The van der Waals surface area contributed by atoms with Crippen molar-refractivity contribution in [2.24, 2.45) is 0 Å². The van der Waals surface area contributed by atoms with Gasteiger partial charge in [-0.3, -0.25) is 9.36 Å². The number of aromatic nitrogens is 5. The van der Waals surface area contributed by atoms with Crippen molar-refractivity contribution in [1.29, 1.82) is 0 Å². The van der Waals surface area contributed by atoms with Crippen molar-refractivity contribution in [3.8, 4) is 0 Å². The molecule has 0 saturated heterocycles. The summed E-state index contributed by atoms with van der Waals surface area (Å²) in [4.78, 5) is 32.4. The maximum absolute atomic E-state index is 13.5. The van der Waals surface area contributed by atoms with Gasteiger partial charge in [0.2, 0.25) is 11.9 Å². The first-order chi connectivity index (χ1) is 14.9. The van der Waals surface area contributed by atoms with Crippen molar-refractivity contribution in [3.05, 3.63) is 62.0 Å². The highest BCUT2D eigenvalue weighted by atomic mass is 32.2. The van der Waals surface area contributed by atoms with Crippen molar-refractivity contribution < 1.29 is 0 Å². The van der Waals surface area contributed by atoms with Gasteiger partial charge in [0.15, 0.2) is 5.16 Å². The zero-order chi connectivity index (χ0) is 22.1. The average Bonchev–Trinajstić information content (AvgIpc) is 3.05. The Morgan fingerprint density at radius 3 is 2.35 bits per heavy atom. The largest absolute Gasteiger partial charge is 0.368 e. The summed E-state index contributed by atoms with van der Waals surface area (Å²) in [6.07, 6.45) is 0.871. The number of hydrogen-bond donors (Lipinski definition) is 2. The Kier molecular flexibility index (Phi) is 5.92. The van der Waals surface area contributed by atoms with Gasteiger partial charge in [0, 0.05) is 4.88 Å². The van der Waals surface area contributed by atoms with E-state index in [4.69, 9.17) is 16.5 Å². The molecule has 0 aliphatic carbocycles. The van der Waals surface area contributed by atoms with E-state index in [9.17, 15) is 4.79 Å². The minimum atomic E-state index is -0.0313. The number of thioether (sulfide) groups is 1. The number of aryl methyl sites for hydroxylation is 3. The summed E-state index contributed by atoms with van der Waals surface area (Å²) in [6, 6.07) is 8.15. The van der Waals surface area contributed by atoms with Crippen LogP contribution < -0.4 is 17.0 Å². The van der Waals surface area contributed by atoms with Crippen LogP contribution in [0.15, 0.2) is 34.2 Å². The summed E-state index contributed by atoms with van der Waals surface area (Å²) >= 11 is 2.96. The number of nitrogens with two attached hydrogens (primary N) is 2. The Morgan fingerprint density at radius 2 is 1.71 bits per heavy atom. The van der Waals surface area contributed by atoms with E-state index < -0.39 is 0 Å². The van der Waals surface area contributed by atoms with Gasteiger partial charge in [-0.05, 0) is 31.4 Å². The molecule has 31 heavy (non-hydrogen) atoms. The molecule has 160 valence electrons. The summed E-state index contributed by atoms with van der Waals surface area (Å²) in [7, 11) is 0. The summed E-state index contributed by atoms with van der Waals surface area (Å²) in [5.41, 5.74) is 14.6. The van der Waals surface area contributed by atoms with Crippen LogP contribution in [-0.4, -0.2) is 24.5 Å². The van der Waals surface area contributed by atoms with E-state index in [0.717, 1.165) is 22.4 Å². The second-order valence-electron chi connectivity index (χ2n) is 7.21. The quantitative estimate of drug-likeness (QED) is 0.336. The SMILES string of the molecule is CCc1sc2nc(SCc3nc(N)nc(N)n3)n(Cc3ccc(C)cc3)c(=O)c2c1C. The molecule has 1 aromatic carbocycles. The van der Waals surface area contributed by atoms with E-state index in [-0.39, 0.29) is 17.5 Å². The first kappa shape index (κ1) is 21.3. The Bertz CT molecular complexity index is 1290. The fourth-order valence-corrected chi connectivity index (χ4v) is 5.37. The maximum atomic E-state index is 13.5. The lowest BCUT2D eigenvalue weighted by molar-refractivity contribution is 0.658. The Labute approximate surface area is 187 Å². The van der Waals surface area contributed by atoms with Crippen molar-refractivity contribution in [3.63, 3.8) is 0 Å². The number of fused-ring (bicyclic) bond motifs is 1. The van der Waals surface area contributed by atoms with Crippen molar-refractivity contribution in [2.45, 2.75) is 44.6 Å². The number of benzene rings is 1. The molecule has 0 unspecified atom stereocenters. The van der Waals surface area contributed by atoms with Crippen molar-refractivity contribution in [1.82, 2.24) is 24.5 Å². The number of rotatable bonds is 6. The second kappa shape index (κ2) is 8.64. The molecule has 3 aromatic heterocycles. The van der Waals surface area contributed by atoms with E-state index in [1.54, 1.807) is 15.9 Å². The zero-order valence-corrected chi connectivity index (χ0v) is 19.2. The van der Waals surface area contributed by atoms with Crippen LogP contribution in [0, 0.1) is 13.8 Å². The molecule has 4 rings (SSSR count). The van der Waals surface area contributed by atoms with Gasteiger partial charge in [0.1, 0.15) is 10.7 Å². The van der Waals surface area contributed by atoms with Crippen LogP contribution in [0.2, 0.25) is 0 Å². The number of anilines is 2. The van der Waals surface area contributed by atoms with Crippen LogP contribution >= 0.6 is 23.1 Å². The lowest BCUT2D eigenvalue weighted by Gasteiger charge is -2.12. The third-order valence-electron chi connectivity index (χ3n) is 4.94. The maximum Gasteiger partial charge on any atom is 0.263 e. The van der Waals surface area contributed by atoms with Gasteiger partial charge in [-0.25, -0.2) is 4.98 Å². The molecule has 0 spiro atoms. The Balaban J connectivity index is 1.79. The van der Waals surface area contributed by atoms with Crippen molar-refractivity contribution >= 4 is 45.2 Å². The number of thiophene rings is 1. The molecule has 0 amide bonds. The number of nitrogen functional groups attached to an aromatic ring is 2. The molecule has 3 heterocycles. The topological polar surface area (TPSA) is 126 Å². The standard InChI is InChI=1S/C21H23N7OS2/c1-4-14-12(3)16-17(31-14)26-21(30-10-15-24-19(22)27-20(23)25-15)28(18(16)29)9-13-7-5-11(2)6-8-13/h5-8H,4,9-10H2,1-3H3,(H4,22,23,24,25,27). The molecule has 0 radical (unpaired) electrons. The molecule has 4 aromatic rings. The molecule has 0 bridgehead atoms. The van der Waals surface area contributed by atoms with Gasteiger partial charge in [-0.2, -0.15) is 15.0 Å². The molecule has 0 aliphatic rings. The fraction of sp³-hybridized carbons (Fsp3) is 0.286. The molecule has 4 N–H and O–H groups in total. The molecule has 0 aliphatic heterocycles. The van der Waals surface area contributed by atoms with Gasteiger partial charge in [0.05, 0.1) is 17.7 Å². The third-order valence-corrected chi connectivity index (χ3v) is 7.25. The predicted molar refractivity (Wildman–Crippen MR) is 126 cm³/mol. The van der Waals surface area contributed by atoms with Crippen molar-refractivity contribution in [2.75, 3.05) is 11.5 Å². The molecular weight excluding hydrogens is 430 g/mol. The summed E-state index contributed by atoms with van der Waals surface area (Å²) in [5.74, 6) is 0.964. The predicted octanol–water partition coefficient (Wildman–Crippen LogP) is 3.33. The second-order valence-corrected chi connectivity index (χ2v) is 9.24. The minimum Gasteiger partial charge on any atom is -0.368 e. The zero-order valence-electron chi connectivity index (χ0n) is 17.5. The highest BCUT2D eigenvalue weighted by Gasteiger charge is 2.18. The smallest absolute Gasteiger partial charge is 0.263 e. The summed E-state index contributed by atoms with van der Waals surface area (Å²) < 4.78 is 1.73. The minimum absolute atomic E-state index is 0.0313. The normalized spacial score (nSPS) is 11.3. The Morgan fingerprint density at radius 1 is 1.03 bits per heavy atom. The fourth-order valence-electron chi connectivity index (χ4n) is 3.36. The molecule has 8 nitrogen and oxygen atoms in total. The molecule has 0 saturated carbocycles. The highest BCUT2D eigenvalue weighted by molar-refractivity contribution is 7.98. The lowest BCUT2D eigenvalue weighted by Crippen LogP contribution is -2.24. The number of nitrogens with zero attached hydrogens (tertiary/aromatic N) is 5. The van der Waals surface area contributed by atoms with E-state index >= 15 is 0 Å². The highest BCUT2D eigenvalue weighted by Crippen LogP contribution is 2.30. The molecule has 0 fully saturated rings. The molecular formula is C21H23N7OS2. The van der Waals surface area contributed by atoms with Crippen LogP contribution in [-0.2, 0) is 18.7 Å². The number of hydrogen-bond acceptors (Lipinski definition) is 9. The van der Waals surface area contributed by atoms with Gasteiger partial charge in [0.25, 0.3) is 5.56 Å². The van der Waals surface area contributed by atoms with E-state index in [1.165, 1.54) is 22.2 Å².